The molecule has 2 aromatic carbocycles. The lowest BCUT2D eigenvalue weighted by Gasteiger charge is -2.08. The van der Waals surface area contributed by atoms with Gasteiger partial charge in [-0.05, 0) is 17.7 Å². The predicted octanol–water partition coefficient (Wildman–Crippen LogP) is 3.19. The molecule has 1 amide bonds. The van der Waals surface area contributed by atoms with Crippen molar-refractivity contribution in [2.75, 3.05) is 11.1 Å². The highest BCUT2D eigenvalue weighted by Crippen LogP contribution is 2.17. The van der Waals surface area contributed by atoms with E-state index in [2.05, 4.69) is 5.32 Å². The van der Waals surface area contributed by atoms with E-state index in [0.717, 1.165) is 16.8 Å². The van der Waals surface area contributed by atoms with Crippen LogP contribution in [-0.4, -0.2) is 16.6 Å². The predicted molar refractivity (Wildman–Crippen MR) is 93.6 cm³/mol. The zero-order valence-corrected chi connectivity index (χ0v) is 13.0. The number of nitrogens with one attached hydrogen (secondary N) is 1. The molecule has 2 aromatic rings. The molecule has 0 fully saturated rings. The number of thiocarbonyl (C=S) groups is 1. The monoisotopic (exact) mass is 316 g/mol. The maximum absolute atomic E-state index is 11.8. The minimum Gasteiger partial charge on any atom is -0.389 e. The topological polar surface area (TPSA) is 55.1 Å². The summed E-state index contributed by atoms with van der Waals surface area (Å²) in [7, 11) is 0. The molecule has 21 heavy (non-hydrogen) atoms. The molecule has 0 aliphatic rings. The molecule has 108 valence electrons. The van der Waals surface area contributed by atoms with Gasteiger partial charge in [0.2, 0.25) is 5.91 Å². The fraction of sp³-hybridized carbons (Fsp3) is 0.125. The maximum Gasteiger partial charge on any atom is 0.234 e. The Morgan fingerprint density at radius 3 is 2.48 bits per heavy atom. The molecule has 0 aromatic heterocycles. The Bertz CT molecular complexity index is 629. The molecule has 0 saturated carbocycles. The van der Waals surface area contributed by atoms with Crippen molar-refractivity contribution in [3.05, 3.63) is 65.7 Å². The van der Waals surface area contributed by atoms with Crippen molar-refractivity contribution < 1.29 is 4.79 Å². The van der Waals surface area contributed by atoms with Crippen molar-refractivity contribution in [2.24, 2.45) is 5.73 Å². The number of hydrogen-bond donors (Lipinski definition) is 2. The van der Waals surface area contributed by atoms with Gasteiger partial charge >= 0.3 is 0 Å². The number of thioether (sulfide) groups is 1. The first-order valence-electron chi connectivity index (χ1n) is 6.47. The Morgan fingerprint density at radius 2 is 1.76 bits per heavy atom. The number of benzene rings is 2. The molecule has 0 heterocycles. The summed E-state index contributed by atoms with van der Waals surface area (Å²) in [6, 6.07) is 17.2. The summed E-state index contributed by atoms with van der Waals surface area (Å²) in [6.45, 7) is 0. The van der Waals surface area contributed by atoms with Gasteiger partial charge in [-0.3, -0.25) is 4.79 Å². The summed E-state index contributed by atoms with van der Waals surface area (Å²) in [4.78, 5) is 12.2. The third kappa shape index (κ3) is 4.88. The van der Waals surface area contributed by atoms with Gasteiger partial charge in [-0.25, -0.2) is 0 Å². The first-order chi connectivity index (χ1) is 10.2. The Morgan fingerprint density at radius 1 is 1.10 bits per heavy atom. The van der Waals surface area contributed by atoms with E-state index in [1.165, 1.54) is 11.8 Å². The number of rotatable bonds is 6. The zero-order chi connectivity index (χ0) is 15.1. The van der Waals surface area contributed by atoms with E-state index in [9.17, 15) is 4.79 Å². The summed E-state index contributed by atoms with van der Waals surface area (Å²) < 4.78 is 0. The van der Waals surface area contributed by atoms with Crippen LogP contribution in [0.4, 0.5) is 5.69 Å². The molecular weight excluding hydrogens is 300 g/mol. The Hall–Kier alpha value is -1.85. The van der Waals surface area contributed by atoms with Gasteiger partial charge in [-0.2, -0.15) is 0 Å². The number of para-hydroxylation sites is 1. The average Bonchev–Trinajstić information content (AvgIpc) is 2.48. The van der Waals surface area contributed by atoms with E-state index in [0.29, 0.717) is 16.5 Å². The van der Waals surface area contributed by atoms with Gasteiger partial charge in [0.05, 0.1) is 5.75 Å². The molecule has 0 radical (unpaired) electrons. The molecule has 0 unspecified atom stereocenters. The minimum absolute atomic E-state index is 0.0148. The number of anilines is 1. The molecule has 0 aliphatic heterocycles. The van der Waals surface area contributed by atoms with Crippen LogP contribution in [0.3, 0.4) is 0 Å². The summed E-state index contributed by atoms with van der Waals surface area (Å²) in [5.41, 5.74) is 8.44. The highest BCUT2D eigenvalue weighted by atomic mass is 32.2. The minimum atomic E-state index is -0.0148. The molecule has 5 heteroatoms. The van der Waals surface area contributed by atoms with E-state index in [4.69, 9.17) is 18.0 Å². The van der Waals surface area contributed by atoms with Gasteiger partial charge in [0.1, 0.15) is 4.99 Å². The molecule has 0 atom stereocenters. The first-order valence-corrected chi connectivity index (χ1v) is 8.03. The summed E-state index contributed by atoms with van der Waals surface area (Å²) in [5, 5.41) is 2.86. The summed E-state index contributed by atoms with van der Waals surface area (Å²) in [5.74, 6) is 1.08. The molecule has 0 bridgehead atoms. The van der Waals surface area contributed by atoms with E-state index in [1.807, 2.05) is 54.6 Å². The fourth-order valence-electron chi connectivity index (χ4n) is 1.86. The van der Waals surface area contributed by atoms with Crippen LogP contribution < -0.4 is 11.1 Å². The smallest absolute Gasteiger partial charge is 0.234 e. The van der Waals surface area contributed by atoms with Crippen molar-refractivity contribution in [3.63, 3.8) is 0 Å². The van der Waals surface area contributed by atoms with Crippen molar-refractivity contribution in [1.29, 1.82) is 0 Å². The van der Waals surface area contributed by atoms with E-state index in [1.54, 1.807) is 0 Å². The van der Waals surface area contributed by atoms with Crippen LogP contribution in [0.15, 0.2) is 54.6 Å². The molecule has 0 aliphatic carbocycles. The second-order valence-corrected chi connectivity index (χ2v) is 5.85. The summed E-state index contributed by atoms with van der Waals surface area (Å²) >= 11 is 6.57. The van der Waals surface area contributed by atoms with Crippen molar-refractivity contribution in [1.82, 2.24) is 0 Å². The average molecular weight is 316 g/mol. The Kier molecular flexibility index (Phi) is 5.78. The molecule has 0 spiro atoms. The van der Waals surface area contributed by atoms with E-state index in [-0.39, 0.29) is 5.91 Å². The van der Waals surface area contributed by atoms with Crippen LogP contribution in [0.25, 0.3) is 0 Å². The molecule has 3 nitrogen and oxygen atoms in total. The maximum atomic E-state index is 11.8. The van der Waals surface area contributed by atoms with Crippen molar-refractivity contribution in [3.8, 4) is 0 Å². The fourth-order valence-corrected chi connectivity index (χ4v) is 2.89. The van der Waals surface area contributed by atoms with Crippen LogP contribution >= 0.6 is 24.0 Å². The third-order valence-corrected chi connectivity index (χ3v) is 4.03. The van der Waals surface area contributed by atoms with E-state index < -0.39 is 0 Å². The molecule has 3 N–H and O–H groups in total. The second kappa shape index (κ2) is 7.81. The van der Waals surface area contributed by atoms with Crippen LogP contribution in [0.1, 0.15) is 11.1 Å². The largest absolute Gasteiger partial charge is 0.389 e. The standard InChI is InChI=1S/C16H16N2OS2/c17-16(20)14-9-5-4-6-12(14)10-21-11-15(19)18-13-7-2-1-3-8-13/h1-9H,10-11H2,(H2,17,20)(H,18,19). The van der Waals surface area contributed by atoms with Gasteiger partial charge in [0, 0.05) is 17.0 Å². The number of nitrogens with two attached hydrogens (primary N) is 1. The Labute approximate surface area is 133 Å². The Balaban J connectivity index is 1.84. The quantitative estimate of drug-likeness (QED) is 0.804. The first kappa shape index (κ1) is 15.5. The normalized spacial score (nSPS) is 10.1. The number of carbonyl (C=O) groups excluding carboxylic acids is 1. The molecule has 0 saturated heterocycles. The molecular formula is C16H16N2OS2. The van der Waals surface area contributed by atoms with Crippen LogP contribution in [0, 0.1) is 0 Å². The third-order valence-electron chi connectivity index (χ3n) is 2.83. The lowest BCUT2D eigenvalue weighted by atomic mass is 10.1. The van der Waals surface area contributed by atoms with Gasteiger partial charge in [-0.1, -0.05) is 54.7 Å². The SMILES string of the molecule is NC(=S)c1ccccc1CSCC(=O)Nc1ccccc1. The highest BCUT2D eigenvalue weighted by molar-refractivity contribution is 7.99. The van der Waals surface area contributed by atoms with E-state index >= 15 is 0 Å². The van der Waals surface area contributed by atoms with Crippen molar-refractivity contribution >= 4 is 40.6 Å². The number of amides is 1. The second-order valence-electron chi connectivity index (χ2n) is 4.43. The van der Waals surface area contributed by atoms with Crippen LogP contribution in [0.5, 0.6) is 0 Å². The van der Waals surface area contributed by atoms with Gasteiger partial charge in [0.25, 0.3) is 0 Å². The lowest BCUT2D eigenvalue weighted by molar-refractivity contribution is -0.113. The van der Waals surface area contributed by atoms with Crippen LogP contribution in [-0.2, 0) is 10.5 Å². The zero-order valence-electron chi connectivity index (χ0n) is 11.4. The lowest BCUT2D eigenvalue weighted by Crippen LogP contribution is -2.15. The number of hydrogen-bond acceptors (Lipinski definition) is 3. The number of carbonyl (C=O) groups is 1. The van der Waals surface area contributed by atoms with Gasteiger partial charge in [-0.15, -0.1) is 11.8 Å². The van der Waals surface area contributed by atoms with Gasteiger partial charge < -0.3 is 11.1 Å². The van der Waals surface area contributed by atoms with Crippen LogP contribution in [0.2, 0.25) is 0 Å². The summed E-state index contributed by atoms with van der Waals surface area (Å²) in [6.07, 6.45) is 0. The highest BCUT2D eigenvalue weighted by Gasteiger charge is 2.06. The molecule has 2 rings (SSSR count). The van der Waals surface area contributed by atoms with Gasteiger partial charge in [0.15, 0.2) is 0 Å². The van der Waals surface area contributed by atoms with Crippen molar-refractivity contribution in [2.45, 2.75) is 5.75 Å².